The van der Waals surface area contributed by atoms with Crippen molar-refractivity contribution in [2.24, 2.45) is 5.92 Å². The fourth-order valence-electron chi connectivity index (χ4n) is 3.29. The number of rotatable bonds is 4. The van der Waals surface area contributed by atoms with E-state index in [-0.39, 0.29) is 17.8 Å². The van der Waals surface area contributed by atoms with Crippen molar-refractivity contribution in [2.75, 3.05) is 13.1 Å². The van der Waals surface area contributed by atoms with Crippen molar-refractivity contribution in [1.82, 2.24) is 25.4 Å². The Hall–Kier alpha value is -1.92. The van der Waals surface area contributed by atoms with Crippen LogP contribution in [0.4, 0.5) is 0 Å². The molecule has 6 nitrogen and oxygen atoms in total. The van der Waals surface area contributed by atoms with Crippen LogP contribution in [0.3, 0.4) is 0 Å². The third kappa shape index (κ3) is 3.41. The molecule has 2 heterocycles. The molecule has 1 saturated heterocycles. The van der Waals surface area contributed by atoms with Crippen LogP contribution in [0.15, 0.2) is 24.3 Å². The Morgan fingerprint density at radius 2 is 2.12 bits per heavy atom. The van der Waals surface area contributed by atoms with Crippen molar-refractivity contribution in [3.63, 3.8) is 0 Å². The minimum absolute atomic E-state index is 0.158. The number of carbonyl (C=O) groups is 1. The molecule has 1 amide bonds. The highest BCUT2D eigenvalue weighted by atomic mass is 35.5. The first-order valence-corrected chi connectivity index (χ1v) is 9.24. The number of benzene rings is 1. The molecule has 2 fully saturated rings. The number of aromatic nitrogens is 3. The van der Waals surface area contributed by atoms with Gasteiger partial charge in [-0.15, -0.1) is 5.10 Å². The van der Waals surface area contributed by atoms with E-state index in [9.17, 15) is 4.79 Å². The predicted octanol–water partition coefficient (Wildman–Crippen LogP) is 2.53. The summed E-state index contributed by atoms with van der Waals surface area (Å²) in [7, 11) is 0. The second-order valence-corrected chi connectivity index (χ2v) is 7.39. The average molecular weight is 360 g/mol. The van der Waals surface area contributed by atoms with Gasteiger partial charge in [0.05, 0.1) is 10.7 Å². The summed E-state index contributed by atoms with van der Waals surface area (Å²) in [6.07, 6.45) is 3.08. The van der Waals surface area contributed by atoms with Crippen molar-refractivity contribution in [3.05, 3.63) is 40.9 Å². The van der Waals surface area contributed by atoms with E-state index < -0.39 is 0 Å². The number of nitrogens with zero attached hydrogens (tertiary/aromatic N) is 3. The molecule has 1 saturated carbocycles. The number of carbonyl (C=O) groups excluding carboxylic acids is 1. The monoisotopic (exact) mass is 359 g/mol. The molecule has 2 atom stereocenters. The van der Waals surface area contributed by atoms with E-state index in [2.05, 4.69) is 27.6 Å². The van der Waals surface area contributed by atoms with Gasteiger partial charge in [-0.1, -0.05) is 30.7 Å². The van der Waals surface area contributed by atoms with Crippen LogP contribution in [0.1, 0.15) is 48.5 Å². The molecule has 0 spiro atoms. The van der Waals surface area contributed by atoms with Gasteiger partial charge in [0.25, 0.3) is 5.91 Å². The van der Waals surface area contributed by atoms with Crippen LogP contribution in [0, 0.1) is 5.92 Å². The van der Waals surface area contributed by atoms with Gasteiger partial charge < -0.3 is 10.6 Å². The molecule has 25 heavy (non-hydrogen) atoms. The van der Waals surface area contributed by atoms with E-state index in [1.807, 2.05) is 24.3 Å². The quantitative estimate of drug-likeness (QED) is 0.880. The van der Waals surface area contributed by atoms with Crippen molar-refractivity contribution < 1.29 is 4.79 Å². The van der Waals surface area contributed by atoms with Gasteiger partial charge in [-0.3, -0.25) is 4.79 Å². The third-order valence-corrected chi connectivity index (χ3v) is 5.28. The fourth-order valence-corrected chi connectivity index (χ4v) is 3.50. The lowest BCUT2D eigenvalue weighted by Gasteiger charge is -2.29. The summed E-state index contributed by atoms with van der Waals surface area (Å²) in [6.45, 7) is 3.98. The van der Waals surface area contributed by atoms with E-state index in [1.54, 1.807) is 4.68 Å². The average Bonchev–Trinajstić information content (AvgIpc) is 3.36. The lowest BCUT2D eigenvalue weighted by atomic mass is 9.95. The van der Waals surface area contributed by atoms with Gasteiger partial charge in [0, 0.05) is 12.0 Å². The highest BCUT2D eigenvalue weighted by Gasteiger charge is 2.32. The summed E-state index contributed by atoms with van der Waals surface area (Å²) in [5.41, 5.74) is 0.771. The fraction of sp³-hybridized carbons (Fsp3) is 0.500. The third-order valence-electron chi connectivity index (χ3n) is 4.96. The van der Waals surface area contributed by atoms with Crippen molar-refractivity contribution in [3.8, 4) is 5.69 Å². The Bertz CT molecular complexity index is 786. The zero-order valence-electron chi connectivity index (χ0n) is 14.2. The topological polar surface area (TPSA) is 71.8 Å². The molecule has 132 valence electrons. The van der Waals surface area contributed by atoms with Crippen molar-refractivity contribution >= 4 is 17.5 Å². The normalized spacial score (nSPS) is 23.4. The molecule has 4 rings (SSSR count). The molecule has 1 aromatic heterocycles. The zero-order valence-corrected chi connectivity index (χ0v) is 15.0. The minimum Gasteiger partial charge on any atom is -0.346 e. The number of hydrogen-bond acceptors (Lipinski definition) is 4. The molecule has 0 bridgehead atoms. The predicted molar refractivity (Wildman–Crippen MR) is 96.2 cm³/mol. The molecule has 2 N–H and O–H groups in total. The minimum atomic E-state index is -0.202. The van der Waals surface area contributed by atoms with Gasteiger partial charge in [0.2, 0.25) is 5.82 Å². The molecule has 2 aromatic rings. The van der Waals surface area contributed by atoms with Crippen LogP contribution < -0.4 is 10.6 Å². The SMILES string of the molecule is CC1CNCCC1NC(=O)c1nc(C2CC2)n(-c2ccccc2Cl)n1. The number of para-hydroxylation sites is 1. The maximum atomic E-state index is 12.7. The van der Waals surface area contributed by atoms with Gasteiger partial charge in [-0.25, -0.2) is 9.67 Å². The zero-order chi connectivity index (χ0) is 17.4. The lowest BCUT2D eigenvalue weighted by Crippen LogP contribution is -2.48. The van der Waals surface area contributed by atoms with Crippen LogP contribution in [0.2, 0.25) is 5.02 Å². The van der Waals surface area contributed by atoms with Crippen molar-refractivity contribution in [2.45, 2.75) is 38.1 Å². The van der Waals surface area contributed by atoms with E-state index in [1.165, 1.54) is 0 Å². The van der Waals surface area contributed by atoms with Gasteiger partial charge in [0.1, 0.15) is 5.82 Å². The molecule has 0 radical (unpaired) electrons. The first-order chi connectivity index (χ1) is 12.1. The van der Waals surface area contributed by atoms with E-state index in [0.717, 1.165) is 43.9 Å². The number of nitrogens with one attached hydrogen (secondary N) is 2. The van der Waals surface area contributed by atoms with Gasteiger partial charge in [0.15, 0.2) is 0 Å². The van der Waals surface area contributed by atoms with Crippen LogP contribution in [0.25, 0.3) is 5.69 Å². The van der Waals surface area contributed by atoms with Crippen molar-refractivity contribution in [1.29, 1.82) is 0 Å². The Morgan fingerprint density at radius 3 is 2.84 bits per heavy atom. The Labute approximate surface area is 152 Å². The standard InChI is InChI=1S/C18H22ClN5O/c1-11-10-20-9-8-14(11)21-18(25)16-22-17(12-6-7-12)24(23-16)15-5-3-2-4-13(15)19/h2-5,11-12,14,20H,6-10H2,1H3,(H,21,25). The highest BCUT2D eigenvalue weighted by Crippen LogP contribution is 2.40. The Morgan fingerprint density at radius 1 is 1.32 bits per heavy atom. The molecule has 7 heteroatoms. The molecule has 1 aliphatic heterocycles. The number of halogens is 1. The number of piperidine rings is 1. The van der Waals surface area contributed by atoms with Gasteiger partial charge in [-0.05, 0) is 50.4 Å². The summed E-state index contributed by atoms with van der Waals surface area (Å²) in [4.78, 5) is 17.2. The Kier molecular flexibility index (Phi) is 4.48. The molecule has 1 aromatic carbocycles. The molecule has 2 unspecified atom stereocenters. The Balaban J connectivity index is 1.61. The largest absolute Gasteiger partial charge is 0.346 e. The van der Waals surface area contributed by atoms with Crippen LogP contribution in [-0.4, -0.2) is 39.8 Å². The second-order valence-electron chi connectivity index (χ2n) is 6.98. The summed E-state index contributed by atoms with van der Waals surface area (Å²) in [5, 5.41) is 11.5. The first kappa shape index (κ1) is 16.5. The molecular weight excluding hydrogens is 338 g/mol. The lowest BCUT2D eigenvalue weighted by molar-refractivity contribution is 0.0903. The smallest absolute Gasteiger partial charge is 0.291 e. The number of amides is 1. The van der Waals surface area contributed by atoms with Gasteiger partial charge in [-0.2, -0.15) is 0 Å². The summed E-state index contributed by atoms with van der Waals surface area (Å²) < 4.78 is 1.74. The van der Waals surface area contributed by atoms with Crippen LogP contribution >= 0.6 is 11.6 Å². The summed E-state index contributed by atoms with van der Waals surface area (Å²) in [6, 6.07) is 7.68. The molecule has 1 aliphatic carbocycles. The van der Waals surface area contributed by atoms with Crippen LogP contribution in [-0.2, 0) is 0 Å². The van der Waals surface area contributed by atoms with Crippen LogP contribution in [0.5, 0.6) is 0 Å². The van der Waals surface area contributed by atoms with E-state index in [4.69, 9.17) is 11.6 Å². The summed E-state index contributed by atoms with van der Waals surface area (Å²) >= 11 is 6.32. The maximum Gasteiger partial charge on any atom is 0.291 e. The molecule has 2 aliphatic rings. The maximum absolute atomic E-state index is 12.7. The highest BCUT2D eigenvalue weighted by molar-refractivity contribution is 6.32. The van der Waals surface area contributed by atoms with E-state index >= 15 is 0 Å². The number of hydrogen-bond donors (Lipinski definition) is 2. The van der Waals surface area contributed by atoms with E-state index in [0.29, 0.717) is 16.9 Å². The molecular formula is C18H22ClN5O. The second kappa shape index (κ2) is 6.77. The summed E-state index contributed by atoms with van der Waals surface area (Å²) in [5.74, 6) is 1.62. The van der Waals surface area contributed by atoms with Gasteiger partial charge >= 0.3 is 0 Å². The first-order valence-electron chi connectivity index (χ1n) is 8.87.